The Labute approximate surface area is 192 Å². The Bertz CT molecular complexity index is 1270. The Hall–Kier alpha value is -2.61. The normalized spacial score (nSPS) is 12.1. The van der Waals surface area contributed by atoms with Crippen LogP contribution in [0.2, 0.25) is 5.02 Å². The molecule has 0 aliphatic carbocycles. The molecular formula is C23H20ClN3O2S2. The third kappa shape index (κ3) is 5.01. The van der Waals surface area contributed by atoms with Crippen LogP contribution in [0.5, 0.6) is 0 Å². The highest BCUT2D eigenvalue weighted by atomic mass is 35.5. The van der Waals surface area contributed by atoms with Gasteiger partial charge in [0.05, 0.1) is 16.4 Å². The summed E-state index contributed by atoms with van der Waals surface area (Å²) in [5.74, 6) is 0.912. The van der Waals surface area contributed by atoms with Gasteiger partial charge in [-0.2, -0.15) is 0 Å². The zero-order chi connectivity index (χ0) is 21.8. The summed E-state index contributed by atoms with van der Waals surface area (Å²) in [6.07, 6.45) is 0. The van der Waals surface area contributed by atoms with E-state index in [1.807, 2.05) is 60.8 Å². The van der Waals surface area contributed by atoms with Gasteiger partial charge in [0.1, 0.15) is 10.7 Å². The van der Waals surface area contributed by atoms with Gasteiger partial charge in [-0.15, -0.1) is 23.1 Å². The lowest BCUT2D eigenvalue weighted by molar-refractivity contribution is -0.120. The van der Waals surface area contributed by atoms with Gasteiger partial charge in [-0.3, -0.25) is 9.59 Å². The molecule has 1 atom stereocenters. The first-order valence-corrected chi connectivity index (χ1v) is 12.0. The molecule has 31 heavy (non-hydrogen) atoms. The van der Waals surface area contributed by atoms with Gasteiger partial charge < -0.3 is 10.3 Å². The summed E-state index contributed by atoms with van der Waals surface area (Å²) in [5.41, 5.74) is 2.60. The number of hydrogen-bond donors (Lipinski definition) is 2. The quantitative estimate of drug-likeness (QED) is 0.388. The molecular weight excluding hydrogens is 450 g/mol. The highest BCUT2D eigenvalue weighted by Crippen LogP contribution is 2.30. The average Bonchev–Trinajstić information content (AvgIpc) is 3.22. The number of carbonyl (C=O) groups is 1. The van der Waals surface area contributed by atoms with E-state index in [1.165, 1.54) is 23.1 Å². The predicted octanol–water partition coefficient (Wildman–Crippen LogP) is 5.24. The molecule has 0 aliphatic rings. The van der Waals surface area contributed by atoms with Gasteiger partial charge in [-0.25, -0.2) is 4.98 Å². The van der Waals surface area contributed by atoms with Crippen LogP contribution in [0.1, 0.15) is 18.3 Å². The summed E-state index contributed by atoms with van der Waals surface area (Å²) >= 11 is 9.01. The summed E-state index contributed by atoms with van der Waals surface area (Å²) in [7, 11) is 0. The molecule has 2 aromatic carbocycles. The summed E-state index contributed by atoms with van der Waals surface area (Å²) in [4.78, 5) is 33.3. The second kappa shape index (κ2) is 9.68. The number of fused-ring (bicyclic) bond motifs is 1. The lowest BCUT2D eigenvalue weighted by atomic mass is 10.1. The molecule has 8 heteroatoms. The van der Waals surface area contributed by atoms with Gasteiger partial charge in [0, 0.05) is 22.5 Å². The molecule has 0 saturated heterocycles. The number of nitrogens with zero attached hydrogens (tertiary/aromatic N) is 1. The average molecular weight is 470 g/mol. The second-order valence-corrected chi connectivity index (χ2v) is 9.57. The SMILES string of the molecule is C[C@H](SCc1nc2scc(-c3ccccc3)c2c(=O)[nH]1)C(=O)NCc1ccccc1Cl. The molecule has 0 saturated carbocycles. The van der Waals surface area contributed by atoms with E-state index in [2.05, 4.69) is 15.3 Å². The van der Waals surface area contributed by atoms with E-state index in [9.17, 15) is 9.59 Å². The van der Waals surface area contributed by atoms with Crippen molar-refractivity contribution < 1.29 is 4.79 Å². The molecule has 0 bridgehead atoms. The number of hydrogen-bond acceptors (Lipinski definition) is 5. The van der Waals surface area contributed by atoms with Crippen LogP contribution in [0, 0.1) is 0 Å². The van der Waals surface area contributed by atoms with Crippen LogP contribution < -0.4 is 10.9 Å². The van der Waals surface area contributed by atoms with Gasteiger partial charge in [0.15, 0.2) is 0 Å². The second-order valence-electron chi connectivity index (χ2n) is 6.97. The van der Waals surface area contributed by atoms with E-state index in [4.69, 9.17) is 11.6 Å². The molecule has 5 nitrogen and oxygen atoms in total. The Morgan fingerprint density at radius 1 is 1.19 bits per heavy atom. The fraction of sp³-hybridized carbons (Fsp3) is 0.174. The Morgan fingerprint density at radius 3 is 2.71 bits per heavy atom. The number of benzene rings is 2. The lowest BCUT2D eigenvalue weighted by Crippen LogP contribution is -2.30. The first kappa shape index (κ1) is 21.6. The number of halogens is 1. The molecule has 4 aromatic rings. The molecule has 0 aliphatic heterocycles. The molecule has 1 amide bonds. The van der Waals surface area contributed by atoms with Crippen LogP contribution in [-0.4, -0.2) is 21.1 Å². The maximum Gasteiger partial charge on any atom is 0.260 e. The van der Waals surface area contributed by atoms with Crippen molar-refractivity contribution >= 4 is 50.8 Å². The lowest BCUT2D eigenvalue weighted by Gasteiger charge is -2.12. The fourth-order valence-electron chi connectivity index (χ4n) is 3.14. The Morgan fingerprint density at radius 2 is 1.94 bits per heavy atom. The Balaban J connectivity index is 1.41. The highest BCUT2D eigenvalue weighted by Gasteiger charge is 2.16. The van der Waals surface area contributed by atoms with Gasteiger partial charge in [0.2, 0.25) is 5.91 Å². The number of thioether (sulfide) groups is 1. The zero-order valence-electron chi connectivity index (χ0n) is 16.7. The zero-order valence-corrected chi connectivity index (χ0v) is 19.1. The maximum atomic E-state index is 12.7. The smallest absolute Gasteiger partial charge is 0.260 e. The molecule has 2 N–H and O–H groups in total. The van der Waals surface area contributed by atoms with Crippen molar-refractivity contribution in [2.24, 2.45) is 0 Å². The van der Waals surface area contributed by atoms with Crippen LogP contribution in [0.3, 0.4) is 0 Å². The largest absolute Gasteiger partial charge is 0.351 e. The molecule has 2 aromatic heterocycles. The van der Waals surface area contributed by atoms with Crippen LogP contribution in [0.25, 0.3) is 21.3 Å². The highest BCUT2D eigenvalue weighted by molar-refractivity contribution is 7.99. The van der Waals surface area contributed by atoms with E-state index in [1.54, 1.807) is 6.07 Å². The van der Waals surface area contributed by atoms with Crippen molar-refractivity contribution in [3.63, 3.8) is 0 Å². The third-order valence-corrected chi connectivity index (χ3v) is 7.22. The number of carbonyl (C=O) groups excluding carboxylic acids is 1. The molecule has 2 heterocycles. The molecule has 0 spiro atoms. The summed E-state index contributed by atoms with van der Waals surface area (Å²) in [6.45, 7) is 2.21. The van der Waals surface area contributed by atoms with E-state index in [0.717, 1.165) is 16.7 Å². The molecule has 4 rings (SSSR count). The van der Waals surface area contributed by atoms with E-state index >= 15 is 0 Å². The van der Waals surface area contributed by atoms with Crippen molar-refractivity contribution in [1.82, 2.24) is 15.3 Å². The minimum absolute atomic E-state index is 0.0872. The van der Waals surface area contributed by atoms with Crippen molar-refractivity contribution in [3.05, 3.63) is 86.7 Å². The summed E-state index contributed by atoms with van der Waals surface area (Å²) in [6, 6.07) is 17.2. The molecule has 0 fully saturated rings. The number of rotatable bonds is 7. The van der Waals surface area contributed by atoms with Gasteiger partial charge in [-0.05, 0) is 24.1 Å². The van der Waals surface area contributed by atoms with E-state index < -0.39 is 0 Å². The minimum Gasteiger partial charge on any atom is -0.351 e. The first-order chi connectivity index (χ1) is 15.0. The number of aromatic amines is 1. The van der Waals surface area contributed by atoms with Gasteiger partial charge in [-0.1, -0.05) is 60.1 Å². The Kier molecular flexibility index (Phi) is 6.75. The van der Waals surface area contributed by atoms with Crippen molar-refractivity contribution in [2.75, 3.05) is 0 Å². The predicted molar refractivity (Wildman–Crippen MR) is 130 cm³/mol. The van der Waals surface area contributed by atoms with Gasteiger partial charge in [0.25, 0.3) is 5.56 Å². The van der Waals surface area contributed by atoms with E-state index in [-0.39, 0.29) is 16.7 Å². The van der Waals surface area contributed by atoms with Crippen molar-refractivity contribution in [1.29, 1.82) is 0 Å². The maximum absolute atomic E-state index is 12.7. The number of nitrogens with one attached hydrogen (secondary N) is 2. The van der Waals surface area contributed by atoms with Crippen molar-refractivity contribution in [2.45, 2.75) is 24.5 Å². The summed E-state index contributed by atoms with van der Waals surface area (Å²) in [5, 5.41) is 5.80. The summed E-state index contributed by atoms with van der Waals surface area (Å²) < 4.78 is 0. The number of thiophene rings is 1. The number of H-pyrrole nitrogens is 1. The topological polar surface area (TPSA) is 74.8 Å². The van der Waals surface area contributed by atoms with Crippen molar-refractivity contribution in [3.8, 4) is 11.1 Å². The first-order valence-electron chi connectivity index (χ1n) is 9.71. The molecule has 158 valence electrons. The van der Waals surface area contributed by atoms with Crippen LogP contribution >= 0.6 is 34.7 Å². The van der Waals surface area contributed by atoms with Crippen LogP contribution in [0.15, 0.2) is 64.8 Å². The molecule has 0 radical (unpaired) electrons. The standard InChI is InChI=1S/C23H20ClN3O2S2/c1-14(21(28)25-11-16-9-5-6-10-18(16)24)30-13-19-26-22(29)20-17(12-31-23(20)27-19)15-7-3-2-4-8-15/h2-10,12,14H,11,13H2,1H3,(H,25,28)(H,26,27,29)/t14-/m0/s1. The van der Waals surface area contributed by atoms with Crippen LogP contribution in [0.4, 0.5) is 0 Å². The number of amides is 1. The number of aromatic nitrogens is 2. The monoisotopic (exact) mass is 469 g/mol. The molecule has 0 unspecified atom stereocenters. The minimum atomic E-state index is -0.299. The van der Waals surface area contributed by atoms with Crippen LogP contribution in [-0.2, 0) is 17.1 Å². The third-order valence-electron chi connectivity index (χ3n) is 4.83. The van der Waals surface area contributed by atoms with Gasteiger partial charge >= 0.3 is 0 Å². The fourth-order valence-corrected chi connectivity index (χ4v) is 5.09. The van der Waals surface area contributed by atoms with E-state index in [0.29, 0.717) is 33.4 Å².